The van der Waals surface area contributed by atoms with Gasteiger partial charge in [-0.15, -0.1) is 0 Å². The first-order valence-electron chi connectivity index (χ1n) is 5.26. The number of carbonyl (C=O) groups excluding carboxylic acids is 1. The summed E-state index contributed by atoms with van der Waals surface area (Å²) in [5.74, 6) is 0.0362. The van der Waals surface area contributed by atoms with Crippen molar-refractivity contribution >= 4 is 12.6 Å². The fourth-order valence-corrected chi connectivity index (χ4v) is 1.04. The number of carbonyl (C=O) groups is 1. The summed E-state index contributed by atoms with van der Waals surface area (Å²) in [5, 5.41) is 2.84. The quantitative estimate of drug-likeness (QED) is 0.482. The van der Waals surface area contributed by atoms with Crippen molar-refractivity contribution in [2.24, 2.45) is 4.99 Å². The van der Waals surface area contributed by atoms with Gasteiger partial charge in [-0.3, -0.25) is 9.79 Å². The van der Waals surface area contributed by atoms with Gasteiger partial charge in [0, 0.05) is 19.2 Å². The summed E-state index contributed by atoms with van der Waals surface area (Å²) in [6.45, 7) is 8.20. The molecule has 0 bridgehead atoms. The summed E-state index contributed by atoms with van der Waals surface area (Å²) in [7, 11) is 2.07. The first-order valence-corrected chi connectivity index (χ1v) is 5.26. The zero-order valence-corrected chi connectivity index (χ0v) is 9.70. The summed E-state index contributed by atoms with van der Waals surface area (Å²) in [6.07, 6.45) is 4.59. The molecule has 0 aromatic carbocycles. The highest BCUT2D eigenvalue weighted by molar-refractivity contribution is 5.77. The lowest BCUT2D eigenvalue weighted by molar-refractivity contribution is -0.120. The highest BCUT2D eigenvalue weighted by Crippen LogP contribution is 1.87. The minimum absolute atomic E-state index is 0.0362. The van der Waals surface area contributed by atoms with Crippen molar-refractivity contribution in [2.45, 2.75) is 19.8 Å². The average Bonchev–Trinajstić information content (AvgIpc) is 2.24. The zero-order valence-electron chi connectivity index (χ0n) is 9.70. The minimum Gasteiger partial charge on any atom is -0.356 e. The molecule has 0 saturated heterocycles. The molecule has 0 radical (unpaired) electrons. The van der Waals surface area contributed by atoms with E-state index in [1.54, 1.807) is 6.08 Å². The number of amides is 1. The Hall–Kier alpha value is -1.16. The van der Waals surface area contributed by atoms with Crippen LogP contribution in [-0.4, -0.2) is 44.2 Å². The van der Waals surface area contributed by atoms with Crippen molar-refractivity contribution in [1.29, 1.82) is 0 Å². The average molecular weight is 211 g/mol. The van der Waals surface area contributed by atoms with Gasteiger partial charge in [-0.25, -0.2) is 0 Å². The van der Waals surface area contributed by atoms with Crippen LogP contribution < -0.4 is 5.32 Å². The maximum atomic E-state index is 11.2. The van der Waals surface area contributed by atoms with E-state index >= 15 is 0 Å². The first kappa shape index (κ1) is 13.8. The highest BCUT2D eigenvalue weighted by Gasteiger charge is 1.98. The number of hydrogen-bond acceptors (Lipinski definition) is 3. The third-order valence-electron chi connectivity index (χ3n) is 2.09. The van der Waals surface area contributed by atoms with Gasteiger partial charge in [0.1, 0.15) is 0 Å². The Morgan fingerprint density at radius 1 is 1.60 bits per heavy atom. The molecule has 0 spiro atoms. The van der Waals surface area contributed by atoms with Gasteiger partial charge in [0.15, 0.2) is 0 Å². The van der Waals surface area contributed by atoms with Gasteiger partial charge in [-0.1, -0.05) is 13.0 Å². The van der Waals surface area contributed by atoms with Gasteiger partial charge in [0.2, 0.25) is 5.91 Å². The van der Waals surface area contributed by atoms with Crippen LogP contribution in [0.1, 0.15) is 19.8 Å². The number of rotatable bonds is 8. The van der Waals surface area contributed by atoms with Crippen LogP contribution in [0.3, 0.4) is 0 Å². The van der Waals surface area contributed by atoms with E-state index < -0.39 is 0 Å². The van der Waals surface area contributed by atoms with E-state index in [4.69, 9.17) is 0 Å². The lowest BCUT2D eigenvalue weighted by atomic mass is 10.3. The molecule has 0 heterocycles. The van der Waals surface area contributed by atoms with Gasteiger partial charge in [-0.05, 0) is 33.3 Å². The van der Waals surface area contributed by atoms with Crippen LogP contribution in [0.15, 0.2) is 17.3 Å². The predicted molar refractivity (Wildman–Crippen MR) is 64.1 cm³/mol. The summed E-state index contributed by atoms with van der Waals surface area (Å²) in [6, 6.07) is 0. The van der Waals surface area contributed by atoms with Gasteiger partial charge >= 0.3 is 0 Å². The molecule has 86 valence electrons. The van der Waals surface area contributed by atoms with Gasteiger partial charge in [0.05, 0.1) is 0 Å². The van der Waals surface area contributed by atoms with Gasteiger partial charge < -0.3 is 10.2 Å². The molecule has 0 unspecified atom stereocenters. The largest absolute Gasteiger partial charge is 0.356 e. The van der Waals surface area contributed by atoms with Crippen molar-refractivity contribution < 1.29 is 4.79 Å². The van der Waals surface area contributed by atoms with Gasteiger partial charge in [0.25, 0.3) is 0 Å². The SMILES string of the molecule is C=N/C=C\CC(=O)NCCCN(C)CC. The van der Waals surface area contributed by atoms with E-state index in [9.17, 15) is 4.79 Å². The maximum absolute atomic E-state index is 11.2. The Labute approximate surface area is 92.1 Å². The molecule has 0 aromatic rings. The van der Waals surface area contributed by atoms with E-state index in [1.807, 2.05) is 0 Å². The second-order valence-corrected chi connectivity index (χ2v) is 3.37. The lowest BCUT2D eigenvalue weighted by Crippen LogP contribution is -2.27. The van der Waals surface area contributed by atoms with Crippen LogP contribution in [-0.2, 0) is 4.79 Å². The third kappa shape index (κ3) is 9.15. The van der Waals surface area contributed by atoms with Crippen molar-refractivity contribution in [1.82, 2.24) is 10.2 Å². The fourth-order valence-electron chi connectivity index (χ4n) is 1.04. The standard InChI is InChI=1S/C11H21N3O/c1-4-14(3)10-6-9-13-11(15)7-5-8-12-2/h5,8H,2,4,6-7,9-10H2,1,3H3,(H,13,15)/b8-5-. The smallest absolute Gasteiger partial charge is 0.223 e. The molecule has 0 saturated carbocycles. The van der Waals surface area contributed by atoms with Crippen molar-refractivity contribution in [3.05, 3.63) is 12.3 Å². The molecule has 4 nitrogen and oxygen atoms in total. The fraction of sp³-hybridized carbons (Fsp3) is 0.636. The van der Waals surface area contributed by atoms with Crippen LogP contribution in [0.25, 0.3) is 0 Å². The molecule has 0 rings (SSSR count). The Kier molecular flexibility index (Phi) is 8.67. The Bertz CT molecular complexity index is 214. The topological polar surface area (TPSA) is 44.7 Å². The molecule has 0 aliphatic heterocycles. The summed E-state index contributed by atoms with van der Waals surface area (Å²) in [5.41, 5.74) is 0. The Morgan fingerprint density at radius 2 is 2.33 bits per heavy atom. The third-order valence-corrected chi connectivity index (χ3v) is 2.09. The van der Waals surface area contributed by atoms with Crippen LogP contribution in [0.2, 0.25) is 0 Å². The normalized spacial score (nSPS) is 10.9. The Balaban J connectivity index is 3.39. The minimum atomic E-state index is 0.0362. The number of nitrogens with zero attached hydrogens (tertiary/aromatic N) is 2. The lowest BCUT2D eigenvalue weighted by Gasteiger charge is -2.13. The van der Waals surface area contributed by atoms with Crippen molar-refractivity contribution in [3.63, 3.8) is 0 Å². The predicted octanol–water partition coefficient (Wildman–Crippen LogP) is 1.05. The molecule has 0 atom stereocenters. The van der Waals surface area contributed by atoms with Crippen LogP contribution in [0.4, 0.5) is 0 Å². The molecule has 1 amide bonds. The van der Waals surface area contributed by atoms with E-state index in [2.05, 4.69) is 35.9 Å². The highest BCUT2D eigenvalue weighted by atomic mass is 16.1. The molecule has 0 fully saturated rings. The molecule has 15 heavy (non-hydrogen) atoms. The summed E-state index contributed by atoms with van der Waals surface area (Å²) >= 11 is 0. The second-order valence-electron chi connectivity index (χ2n) is 3.37. The van der Waals surface area contributed by atoms with E-state index in [0.717, 1.165) is 26.1 Å². The van der Waals surface area contributed by atoms with Gasteiger partial charge in [-0.2, -0.15) is 0 Å². The summed E-state index contributed by atoms with van der Waals surface area (Å²) < 4.78 is 0. The van der Waals surface area contributed by atoms with Crippen LogP contribution in [0, 0.1) is 0 Å². The molecule has 0 aromatic heterocycles. The van der Waals surface area contributed by atoms with E-state index in [-0.39, 0.29) is 5.91 Å². The Morgan fingerprint density at radius 3 is 2.93 bits per heavy atom. The molecule has 0 aliphatic rings. The molecule has 0 aliphatic carbocycles. The van der Waals surface area contributed by atoms with Crippen molar-refractivity contribution in [3.8, 4) is 0 Å². The summed E-state index contributed by atoms with van der Waals surface area (Å²) in [4.78, 5) is 16.9. The number of hydrogen-bond donors (Lipinski definition) is 1. The molecule has 1 N–H and O–H groups in total. The first-order chi connectivity index (χ1) is 7.20. The zero-order chi connectivity index (χ0) is 11.5. The van der Waals surface area contributed by atoms with E-state index in [0.29, 0.717) is 6.42 Å². The molecular formula is C11H21N3O. The second kappa shape index (κ2) is 9.40. The molecule has 4 heteroatoms. The monoisotopic (exact) mass is 211 g/mol. The van der Waals surface area contributed by atoms with Crippen molar-refractivity contribution in [2.75, 3.05) is 26.7 Å². The van der Waals surface area contributed by atoms with Crippen LogP contribution in [0.5, 0.6) is 0 Å². The number of nitrogens with one attached hydrogen (secondary N) is 1. The van der Waals surface area contributed by atoms with Crippen LogP contribution >= 0.6 is 0 Å². The molecular weight excluding hydrogens is 190 g/mol. The van der Waals surface area contributed by atoms with E-state index in [1.165, 1.54) is 6.20 Å². The number of aliphatic imine (C=N–C) groups is 1. The maximum Gasteiger partial charge on any atom is 0.223 e.